The first-order chi connectivity index (χ1) is 8.87. The van der Waals surface area contributed by atoms with Gasteiger partial charge in [0.25, 0.3) is 5.91 Å². The summed E-state index contributed by atoms with van der Waals surface area (Å²) in [7, 11) is 0. The molecule has 1 aliphatic rings. The number of amides is 1. The molecule has 0 aliphatic carbocycles. The van der Waals surface area contributed by atoms with E-state index in [1.165, 1.54) is 6.07 Å². The van der Waals surface area contributed by atoms with Crippen LogP contribution in [0.4, 0.5) is 0 Å². The minimum absolute atomic E-state index is 0.125. The van der Waals surface area contributed by atoms with E-state index in [9.17, 15) is 9.90 Å². The number of hydrogen-bond donors (Lipinski definition) is 2. The van der Waals surface area contributed by atoms with Gasteiger partial charge in [-0.15, -0.1) is 0 Å². The lowest BCUT2D eigenvalue weighted by atomic mass is 9.93. The maximum absolute atomic E-state index is 12.1. The lowest BCUT2D eigenvalue weighted by Crippen LogP contribution is -2.45. The molecule has 104 valence electrons. The molecule has 1 saturated heterocycles. The second-order valence-electron chi connectivity index (χ2n) is 5.77. The van der Waals surface area contributed by atoms with Crippen LogP contribution in [0.15, 0.2) is 18.2 Å². The Morgan fingerprint density at radius 2 is 2.21 bits per heavy atom. The summed E-state index contributed by atoms with van der Waals surface area (Å²) in [5.74, 6) is 0.0120. The van der Waals surface area contributed by atoms with Crippen LogP contribution in [0, 0.1) is 6.92 Å². The number of carbonyl (C=O) groups excluding carboxylic acids is 1. The number of benzene rings is 1. The Morgan fingerprint density at radius 3 is 2.84 bits per heavy atom. The predicted molar refractivity (Wildman–Crippen MR) is 73.4 cm³/mol. The number of rotatable bonds is 2. The molecular weight excluding hydrogens is 242 g/mol. The summed E-state index contributed by atoms with van der Waals surface area (Å²) in [5.41, 5.74) is 1.07. The monoisotopic (exact) mass is 263 g/mol. The number of phenols is 1. The van der Waals surface area contributed by atoms with Crippen LogP contribution < -0.4 is 5.32 Å². The first kappa shape index (κ1) is 13.9. The molecule has 0 spiro atoms. The summed E-state index contributed by atoms with van der Waals surface area (Å²) in [6, 6.07) is 5.11. The van der Waals surface area contributed by atoms with Gasteiger partial charge in [-0.05, 0) is 51.3 Å². The number of aryl methyl sites for hydroxylation is 1. The predicted octanol–water partition coefficient (Wildman–Crippen LogP) is 2.39. The van der Waals surface area contributed by atoms with E-state index in [1.807, 2.05) is 13.8 Å². The Kier molecular flexibility index (Phi) is 3.80. The van der Waals surface area contributed by atoms with E-state index >= 15 is 0 Å². The van der Waals surface area contributed by atoms with Gasteiger partial charge >= 0.3 is 0 Å². The molecule has 1 atom stereocenters. The standard InChI is InChI=1S/C15H21NO3/c1-10-4-5-11(8-13(10)17)14(18)16-12-6-7-19-15(2,3)9-12/h4-5,8,12,17H,6-7,9H2,1-3H3,(H,16,18). The molecule has 1 aliphatic heterocycles. The minimum atomic E-state index is -0.189. The van der Waals surface area contributed by atoms with Gasteiger partial charge in [0, 0.05) is 18.2 Å². The molecule has 2 rings (SSSR count). The molecule has 0 saturated carbocycles. The maximum Gasteiger partial charge on any atom is 0.251 e. The summed E-state index contributed by atoms with van der Waals surface area (Å²) in [4.78, 5) is 12.1. The molecule has 1 unspecified atom stereocenters. The average molecular weight is 263 g/mol. The third-order valence-corrected chi connectivity index (χ3v) is 3.50. The molecule has 0 radical (unpaired) electrons. The van der Waals surface area contributed by atoms with Gasteiger partial charge in [0.15, 0.2) is 0 Å². The van der Waals surface area contributed by atoms with Crippen molar-refractivity contribution in [2.45, 2.75) is 45.3 Å². The van der Waals surface area contributed by atoms with E-state index < -0.39 is 0 Å². The van der Waals surface area contributed by atoms with Crippen LogP contribution in [0.2, 0.25) is 0 Å². The number of ether oxygens (including phenoxy) is 1. The van der Waals surface area contributed by atoms with Crippen LogP contribution in [0.1, 0.15) is 42.6 Å². The third-order valence-electron chi connectivity index (χ3n) is 3.50. The Balaban J connectivity index is 2.02. The number of nitrogens with one attached hydrogen (secondary N) is 1. The van der Waals surface area contributed by atoms with Crippen molar-refractivity contribution in [1.82, 2.24) is 5.32 Å². The highest BCUT2D eigenvalue weighted by atomic mass is 16.5. The highest BCUT2D eigenvalue weighted by molar-refractivity contribution is 5.94. The van der Waals surface area contributed by atoms with Gasteiger partial charge in [0.1, 0.15) is 5.75 Å². The zero-order valence-corrected chi connectivity index (χ0v) is 11.7. The minimum Gasteiger partial charge on any atom is -0.508 e. The van der Waals surface area contributed by atoms with Crippen LogP contribution >= 0.6 is 0 Å². The van der Waals surface area contributed by atoms with E-state index in [2.05, 4.69) is 5.32 Å². The Morgan fingerprint density at radius 1 is 1.47 bits per heavy atom. The van der Waals surface area contributed by atoms with Crippen LogP contribution in [0.25, 0.3) is 0 Å². The summed E-state index contributed by atoms with van der Waals surface area (Å²) in [5, 5.41) is 12.6. The van der Waals surface area contributed by atoms with Crippen molar-refractivity contribution in [3.8, 4) is 5.75 Å². The molecule has 1 aromatic carbocycles. The second-order valence-corrected chi connectivity index (χ2v) is 5.77. The van der Waals surface area contributed by atoms with Gasteiger partial charge in [0.05, 0.1) is 5.60 Å². The lowest BCUT2D eigenvalue weighted by Gasteiger charge is -2.35. The lowest BCUT2D eigenvalue weighted by molar-refractivity contribution is -0.0615. The molecule has 1 amide bonds. The molecule has 1 heterocycles. The second kappa shape index (κ2) is 5.21. The van der Waals surface area contributed by atoms with Gasteiger partial charge < -0.3 is 15.2 Å². The number of phenolic OH excluding ortho intramolecular Hbond substituents is 1. The molecule has 1 aromatic rings. The fourth-order valence-corrected chi connectivity index (χ4v) is 2.37. The largest absolute Gasteiger partial charge is 0.508 e. The third kappa shape index (κ3) is 3.47. The molecule has 0 bridgehead atoms. The molecule has 19 heavy (non-hydrogen) atoms. The van der Waals surface area contributed by atoms with E-state index in [1.54, 1.807) is 19.1 Å². The maximum atomic E-state index is 12.1. The highest BCUT2D eigenvalue weighted by Gasteiger charge is 2.29. The van der Waals surface area contributed by atoms with Crippen molar-refractivity contribution in [3.05, 3.63) is 29.3 Å². The summed E-state index contributed by atoms with van der Waals surface area (Å²) in [6.07, 6.45) is 1.63. The van der Waals surface area contributed by atoms with Crippen LogP contribution in [0.5, 0.6) is 5.75 Å². The molecule has 0 aromatic heterocycles. The summed E-state index contributed by atoms with van der Waals surface area (Å²) in [6.45, 7) is 6.53. The van der Waals surface area contributed by atoms with E-state index in [4.69, 9.17) is 4.74 Å². The van der Waals surface area contributed by atoms with Gasteiger partial charge in [-0.25, -0.2) is 0 Å². The molecule has 4 nitrogen and oxygen atoms in total. The Hall–Kier alpha value is -1.55. The van der Waals surface area contributed by atoms with Gasteiger partial charge in [0.2, 0.25) is 0 Å². The summed E-state index contributed by atoms with van der Waals surface area (Å²) < 4.78 is 5.63. The highest BCUT2D eigenvalue weighted by Crippen LogP contribution is 2.24. The molecule has 4 heteroatoms. The molecular formula is C15H21NO3. The fraction of sp³-hybridized carbons (Fsp3) is 0.533. The number of aromatic hydroxyl groups is 1. The first-order valence-electron chi connectivity index (χ1n) is 6.62. The number of carbonyl (C=O) groups is 1. The Labute approximate surface area is 113 Å². The van der Waals surface area contributed by atoms with E-state index in [0.29, 0.717) is 12.2 Å². The van der Waals surface area contributed by atoms with E-state index in [0.717, 1.165) is 18.4 Å². The smallest absolute Gasteiger partial charge is 0.251 e. The van der Waals surface area contributed by atoms with Crippen LogP contribution in [-0.2, 0) is 4.74 Å². The van der Waals surface area contributed by atoms with Crippen LogP contribution in [0.3, 0.4) is 0 Å². The van der Waals surface area contributed by atoms with Crippen LogP contribution in [-0.4, -0.2) is 29.3 Å². The van der Waals surface area contributed by atoms with Gasteiger partial charge in [-0.3, -0.25) is 4.79 Å². The number of hydrogen-bond acceptors (Lipinski definition) is 3. The van der Waals surface area contributed by atoms with Crippen molar-refractivity contribution in [2.75, 3.05) is 6.61 Å². The topological polar surface area (TPSA) is 58.6 Å². The van der Waals surface area contributed by atoms with Crippen molar-refractivity contribution in [3.63, 3.8) is 0 Å². The van der Waals surface area contributed by atoms with Crippen molar-refractivity contribution >= 4 is 5.91 Å². The molecule has 1 fully saturated rings. The Bertz CT molecular complexity index is 482. The average Bonchev–Trinajstić information content (AvgIpc) is 2.31. The quantitative estimate of drug-likeness (QED) is 0.861. The van der Waals surface area contributed by atoms with Crippen molar-refractivity contribution < 1.29 is 14.6 Å². The SMILES string of the molecule is Cc1ccc(C(=O)NC2CCOC(C)(C)C2)cc1O. The zero-order valence-electron chi connectivity index (χ0n) is 11.7. The van der Waals surface area contributed by atoms with E-state index in [-0.39, 0.29) is 23.3 Å². The van der Waals surface area contributed by atoms with Crippen molar-refractivity contribution in [1.29, 1.82) is 0 Å². The van der Waals surface area contributed by atoms with Gasteiger partial charge in [-0.1, -0.05) is 6.07 Å². The zero-order chi connectivity index (χ0) is 14.0. The van der Waals surface area contributed by atoms with Crippen molar-refractivity contribution in [2.24, 2.45) is 0 Å². The molecule has 2 N–H and O–H groups in total. The first-order valence-corrected chi connectivity index (χ1v) is 6.62. The summed E-state index contributed by atoms with van der Waals surface area (Å²) >= 11 is 0. The fourth-order valence-electron chi connectivity index (χ4n) is 2.37. The normalized spacial score (nSPS) is 21.9. The van der Waals surface area contributed by atoms with Gasteiger partial charge in [-0.2, -0.15) is 0 Å².